The predicted molar refractivity (Wildman–Crippen MR) is 85.6 cm³/mol. The van der Waals surface area contributed by atoms with Crippen LogP contribution in [0.2, 0.25) is 0 Å². The summed E-state index contributed by atoms with van der Waals surface area (Å²) >= 11 is 1.65. The van der Waals surface area contributed by atoms with Crippen molar-refractivity contribution in [1.29, 1.82) is 0 Å². The summed E-state index contributed by atoms with van der Waals surface area (Å²) in [5.41, 5.74) is 0. The Morgan fingerprint density at radius 1 is 1.18 bits per heavy atom. The van der Waals surface area contributed by atoms with Gasteiger partial charge in [-0.1, -0.05) is 6.07 Å². The average molecular weight is 313 g/mol. The third-order valence-electron chi connectivity index (χ3n) is 3.20. The van der Waals surface area contributed by atoms with Crippen LogP contribution in [0.1, 0.15) is 22.3 Å². The normalized spacial score (nSPS) is 12.5. The van der Waals surface area contributed by atoms with Gasteiger partial charge >= 0.3 is 0 Å². The van der Waals surface area contributed by atoms with Crippen LogP contribution < -0.4 is 5.32 Å². The fourth-order valence-electron chi connectivity index (χ4n) is 2.13. The second kappa shape index (κ2) is 6.95. The molecular weight excluding hydrogens is 298 g/mol. The molecule has 0 unspecified atom stereocenters. The second-order valence-corrected chi connectivity index (χ2v) is 5.66. The lowest BCUT2D eigenvalue weighted by Gasteiger charge is -2.13. The van der Waals surface area contributed by atoms with Gasteiger partial charge in [-0.3, -0.25) is 4.79 Å². The first-order valence-electron chi connectivity index (χ1n) is 6.89. The molecule has 1 amide bonds. The zero-order valence-electron chi connectivity index (χ0n) is 11.8. The van der Waals surface area contributed by atoms with Crippen molar-refractivity contribution in [3.8, 4) is 0 Å². The Labute approximate surface area is 132 Å². The molecule has 0 aliphatic rings. The van der Waals surface area contributed by atoms with Gasteiger partial charge in [0.25, 0.3) is 0 Å². The minimum absolute atomic E-state index is 0.0240. The van der Waals surface area contributed by atoms with Gasteiger partial charge in [0.2, 0.25) is 5.91 Å². The molecule has 4 nitrogen and oxygen atoms in total. The van der Waals surface area contributed by atoms with E-state index in [1.165, 1.54) is 6.08 Å². The predicted octanol–water partition coefficient (Wildman–Crippen LogP) is 3.90. The van der Waals surface area contributed by atoms with E-state index in [1.807, 2.05) is 29.6 Å². The van der Waals surface area contributed by atoms with Gasteiger partial charge in [-0.15, -0.1) is 11.3 Å². The number of furan rings is 2. The van der Waals surface area contributed by atoms with Crippen molar-refractivity contribution in [3.63, 3.8) is 0 Å². The van der Waals surface area contributed by atoms with Gasteiger partial charge in [0.1, 0.15) is 11.5 Å². The van der Waals surface area contributed by atoms with Crippen LogP contribution in [-0.4, -0.2) is 12.5 Å². The number of hydrogen-bond donors (Lipinski definition) is 1. The van der Waals surface area contributed by atoms with Crippen LogP contribution in [0.3, 0.4) is 0 Å². The molecule has 0 spiro atoms. The molecule has 0 aliphatic heterocycles. The molecule has 3 aromatic rings. The number of rotatable bonds is 6. The molecule has 5 heteroatoms. The Bertz CT molecular complexity index is 678. The first-order chi connectivity index (χ1) is 10.8. The van der Waals surface area contributed by atoms with Gasteiger partial charge in [-0.2, -0.15) is 0 Å². The Kier molecular flexibility index (Phi) is 4.56. The van der Waals surface area contributed by atoms with Crippen LogP contribution >= 0.6 is 11.3 Å². The van der Waals surface area contributed by atoms with Crippen molar-refractivity contribution >= 4 is 23.3 Å². The van der Waals surface area contributed by atoms with E-state index in [0.717, 1.165) is 10.6 Å². The number of nitrogens with one attached hydrogen (secondary N) is 1. The van der Waals surface area contributed by atoms with Crippen LogP contribution in [0.5, 0.6) is 0 Å². The van der Waals surface area contributed by atoms with Crippen molar-refractivity contribution < 1.29 is 13.6 Å². The van der Waals surface area contributed by atoms with Crippen molar-refractivity contribution in [1.82, 2.24) is 5.32 Å². The number of carbonyl (C=O) groups is 1. The summed E-state index contributed by atoms with van der Waals surface area (Å²) in [4.78, 5) is 13.1. The van der Waals surface area contributed by atoms with E-state index in [-0.39, 0.29) is 11.8 Å². The highest BCUT2D eigenvalue weighted by molar-refractivity contribution is 7.10. The Morgan fingerprint density at radius 2 is 2.05 bits per heavy atom. The van der Waals surface area contributed by atoms with E-state index in [1.54, 1.807) is 42.1 Å². The maximum Gasteiger partial charge on any atom is 0.244 e. The quantitative estimate of drug-likeness (QED) is 0.702. The van der Waals surface area contributed by atoms with Gasteiger partial charge in [0.05, 0.1) is 18.4 Å². The van der Waals surface area contributed by atoms with Gasteiger partial charge in [0.15, 0.2) is 0 Å². The summed E-state index contributed by atoms with van der Waals surface area (Å²) < 4.78 is 10.6. The summed E-state index contributed by atoms with van der Waals surface area (Å²) in [5, 5.41) is 4.92. The van der Waals surface area contributed by atoms with Crippen LogP contribution in [0, 0.1) is 0 Å². The van der Waals surface area contributed by atoms with E-state index in [4.69, 9.17) is 8.83 Å². The minimum atomic E-state index is -0.162. The van der Waals surface area contributed by atoms with Gasteiger partial charge in [-0.25, -0.2) is 0 Å². The molecule has 0 saturated heterocycles. The maximum absolute atomic E-state index is 11.9. The molecule has 3 rings (SSSR count). The molecular formula is C17H15NO3S. The zero-order valence-corrected chi connectivity index (χ0v) is 12.6. The van der Waals surface area contributed by atoms with Crippen molar-refractivity contribution in [2.24, 2.45) is 0 Å². The molecule has 0 bridgehead atoms. The summed E-state index contributed by atoms with van der Waals surface area (Å²) in [6.07, 6.45) is 6.32. The zero-order chi connectivity index (χ0) is 15.2. The highest BCUT2D eigenvalue weighted by Gasteiger charge is 2.18. The SMILES string of the molecule is O=C(/C=C/c1ccco1)NC[C@@H](c1ccco1)c1cccs1. The average Bonchev–Trinajstić information content (AvgIpc) is 3.27. The third kappa shape index (κ3) is 3.56. The fraction of sp³-hybridized carbons (Fsp3) is 0.118. The molecule has 3 heterocycles. The highest BCUT2D eigenvalue weighted by Crippen LogP contribution is 2.28. The number of thiophene rings is 1. The minimum Gasteiger partial charge on any atom is -0.469 e. The summed E-state index contributed by atoms with van der Waals surface area (Å²) in [6, 6.07) is 11.4. The van der Waals surface area contributed by atoms with E-state index in [9.17, 15) is 4.79 Å². The molecule has 0 saturated carbocycles. The van der Waals surface area contributed by atoms with Gasteiger partial charge in [-0.05, 0) is 41.8 Å². The van der Waals surface area contributed by atoms with Crippen molar-refractivity contribution in [2.45, 2.75) is 5.92 Å². The standard InChI is InChI=1S/C17H15NO3S/c19-17(8-7-13-4-1-9-20-13)18-12-14(15-5-2-10-21-15)16-6-3-11-22-16/h1-11,14H,12H2,(H,18,19)/b8-7+/t14-/m0/s1. The lowest BCUT2D eigenvalue weighted by atomic mass is 10.0. The molecule has 112 valence electrons. The fourth-order valence-corrected chi connectivity index (χ4v) is 2.96. The molecule has 22 heavy (non-hydrogen) atoms. The van der Waals surface area contributed by atoms with E-state index < -0.39 is 0 Å². The summed E-state index contributed by atoms with van der Waals surface area (Å²) in [6.45, 7) is 0.482. The molecule has 1 atom stereocenters. The molecule has 1 N–H and O–H groups in total. The lowest BCUT2D eigenvalue weighted by Crippen LogP contribution is -2.26. The second-order valence-electron chi connectivity index (χ2n) is 4.68. The summed E-state index contributed by atoms with van der Waals surface area (Å²) in [7, 11) is 0. The highest BCUT2D eigenvalue weighted by atomic mass is 32.1. The lowest BCUT2D eigenvalue weighted by molar-refractivity contribution is -0.116. The Morgan fingerprint density at radius 3 is 2.73 bits per heavy atom. The van der Waals surface area contributed by atoms with Crippen LogP contribution in [0.15, 0.2) is 69.2 Å². The van der Waals surface area contributed by atoms with Crippen molar-refractivity contribution in [3.05, 3.63) is 76.8 Å². The van der Waals surface area contributed by atoms with Gasteiger partial charge < -0.3 is 14.2 Å². The van der Waals surface area contributed by atoms with Crippen LogP contribution in [0.25, 0.3) is 6.08 Å². The Hall–Kier alpha value is -2.53. The molecule has 3 aromatic heterocycles. The van der Waals surface area contributed by atoms with Crippen molar-refractivity contribution in [2.75, 3.05) is 6.54 Å². The van der Waals surface area contributed by atoms with Gasteiger partial charge in [0, 0.05) is 17.5 Å². The largest absolute Gasteiger partial charge is 0.469 e. The molecule has 0 fully saturated rings. The first kappa shape index (κ1) is 14.4. The van der Waals surface area contributed by atoms with E-state index in [0.29, 0.717) is 12.3 Å². The molecule has 0 aromatic carbocycles. The monoisotopic (exact) mass is 313 g/mol. The van der Waals surface area contributed by atoms with E-state index in [2.05, 4.69) is 5.32 Å². The Balaban J connectivity index is 1.63. The smallest absolute Gasteiger partial charge is 0.244 e. The summed E-state index contributed by atoms with van der Waals surface area (Å²) in [5.74, 6) is 1.36. The number of hydrogen-bond acceptors (Lipinski definition) is 4. The number of carbonyl (C=O) groups excluding carboxylic acids is 1. The maximum atomic E-state index is 11.9. The van der Waals surface area contributed by atoms with Crippen LogP contribution in [-0.2, 0) is 4.79 Å². The topological polar surface area (TPSA) is 55.4 Å². The number of amides is 1. The van der Waals surface area contributed by atoms with E-state index >= 15 is 0 Å². The molecule has 0 radical (unpaired) electrons. The van der Waals surface area contributed by atoms with Crippen LogP contribution in [0.4, 0.5) is 0 Å². The molecule has 0 aliphatic carbocycles. The third-order valence-corrected chi connectivity index (χ3v) is 4.18. The first-order valence-corrected chi connectivity index (χ1v) is 7.77.